The minimum absolute atomic E-state index is 0.209. The first-order valence-electron chi connectivity index (χ1n) is 7.93. The maximum Gasteiger partial charge on any atom is 0.0366 e. The standard InChI is InChI=1S/C17H29N3/c1-3-4-12-19(2)17(15-18)10-13-20(14-11-17)16-8-6-5-7-9-16/h5-9H,3-4,10-15,18H2,1-2H3. The molecule has 1 aromatic carbocycles. The number of likely N-dealkylation sites (N-methyl/N-ethyl adjacent to an activating group) is 1. The first-order chi connectivity index (χ1) is 9.72. The van der Waals surface area contributed by atoms with Crippen molar-refractivity contribution in [3.05, 3.63) is 30.3 Å². The van der Waals surface area contributed by atoms with Gasteiger partial charge < -0.3 is 10.6 Å². The Bertz CT molecular complexity index is 382. The van der Waals surface area contributed by atoms with Crippen molar-refractivity contribution >= 4 is 5.69 Å². The molecule has 2 N–H and O–H groups in total. The summed E-state index contributed by atoms with van der Waals surface area (Å²) in [4.78, 5) is 5.00. The molecule has 1 saturated heterocycles. The molecule has 1 fully saturated rings. The number of nitrogens with two attached hydrogens (primary N) is 1. The van der Waals surface area contributed by atoms with E-state index < -0.39 is 0 Å². The van der Waals surface area contributed by atoms with Crippen LogP contribution >= 0.6 is 0 Å². The number of benzene rings is 1. The lowest BCUT2D eigenvalue weighted by Gasteiger charge is -2.47. The summed E-state index contributed by atoms with van der Waals surface area (Å²) in [6.45, 7) is 6.41. The van der Waals surface area contributed by atoms with Gasteiger partial charge >= 0.3 is 0 Å². The maximum absolute atomic E-state index is 6.13. The Morgan fingerprint density at radius 1 is 1.20 bits per heavy atom. The predicted molar refractivity (Wildman–Crippen MR) is 87.2 cm³/mol. The molecule has 0 bridgehead atoms. The fourth-order valence-electron chi connectivity index (χ4n) is 3.19. The van der Waals surface area contributed by atoms with Crippen LogP contribution in [0.5, 0.6) is 0 Å². The summed E-state index contributed by atoms with van der Waals surface area (Å²) in [5.41, 5.74) is 7.69. The number of anilines is 1. The van der Waals surface area contributed by atoms with Gasteiger partial charge in [0.05, 0.1) is 0 Å². The van der Waals surface area contributed by atoms with Gasteiger partial charge in [-0.1, -0.05) is 31.5 Å². The van der Waals surface area contributed by atoms with Crippen LogP contribution in [-0.4, -0.2) is 43.7 Å². The molecule has 0 radical (unpaired) electrons. The van der Waals surface area contributed by atoms with Crippen molar-refractivity contribution in [1.29, 1.82) is 0 Å². The minimum Gasteiger partial charge on any atom is -0.371 e. The Hall–Kier alpha value is -1.06. The minimum atomic E-state index is 0.209. The van der Waals surface area contributed by atoms with Crippen molar-refractivity contribution in [2.75, 3.05) is 38.1 Å². The van der Waals surface area contributed by atoms with E-state index in [1.807, 2.05) is 0 Å². The first-order valence-corrected chi connectivity index (χ1v) is 7.93. The Morgan fingerprint density at radius 2 is 1.85 bits per heavy atom. The van der Waals surface area contributed by atoms with Gasteiger partial charge in [0.25, 0.3) is 0 Å². The lowest BCUT2D eigenvalue weighted by molar-refractivity contribution is 0.0952. The summed E-state index contributed by atoms with van der Waals surface area (Å²) >= 11 is 0. The van der Waals surface area contributed by atoms with Crippen LogP contribution in [0.15, 0.2) is 30.3 Å². The highest BCUT2D eigenvalue weighted by atomic mass is 15.2. The summed E-state index contributed by atoms with van der Waals surface area (Å²) in [5, 5.41) is 0. The largest absolute Gasteiger partial charge is 0.371 e. The lowest BCUT2D eigenvalue weighted by Crippen LogP contribution is -2.58. The van der Waals surface area contributed by atoms with Crippen molar-refractivity contribution in [3.63, 3.8) is 0 Å². The van der Waals surface area contributed by atoms with E-state index in [0.29, 0.717) is 0 Å². The highest BCUT2D eigenvalue weighted by Crippen LogP contribution is 2.30. The van der Waals surface area contributed by atoms with Crippen molar-refractivity contribution in [3.8, 4) is 0 Å². The zero-order valence-electron chi connectivity index (χ0n) is 13.0. The Labute approximate surface area is 123 Å². The third kappa shape index (κ3) is 3.33. The van der Waals surface area contributed by atoms with Gasteiger partial charge in [0, 0.05) is 30.9 Å². The van der Waals surface area contributed by atoms with Crippen LogP contribution in [0.4, 0.5) is 5.69 Å². The normalized spacial score (nSPS) is 18.5. The fourth-order valence-corrected chi connectivity index (χ4v) is 3.19. The summed E-state index contributed by atoms with van der Waals surface area (Å²) in [7, 11) is 2.25. The number of piperidine rings is 1. The van der Waals surface area contributed by atoms with Crippen molar-refractivity contribution < 1.29 is 0 Å². The van der Waals surface area contributed by atoms with Crippen LogP contribution in [-0.2, 0) is 0 Å². The second-order valence-corrected chi connectivity index (χ2v) is 6.03. The monoisotopic (exact) mass is 275 g/mol. The Kier molecular flexibility index (Phi) is 5.44. The number of hydrogen-bond acceptors (Lipinski definition) is 3. The summed E-state index contributed by atoms with van der Waals surface area (Å²) in [5.74, 6) is 0. The number of hydrogen-bond donors (Lipinski definition) is 1. The number of para-hydroxylation sites is 1. The van der Waals surface area contributed by atoms with Gasteiger partial charge in [0.2, 0.25) is 0 Å². The lowest BCUT2D eigenvalue weighted by atomic mass is 9.85. The molecule has 0 atom stereocenters. The quantitative estimate of drug-likeness (QED) is 0.866. The molecule has 0 spiro atoms. The second kappa shape index (κ2) is 7.09. The number of nitrogens with zero attached hydrogens (tertiary/aromatic N) is 2. The molecule has 0 aliphatic carbocycles. The van der Waals surface area contributed by atoms with Gasteiger partial charge in [-0.25, -0.2) is 0 Å². The van der Waals surface area contributed by atoms with E-state index in [4.69, 9.17) is 5.73 Å². The summed E-state index contributed by atoms with van der Waals surface area (Å²) in [6, 6.07) is 10.7. The molecule has 1 aliphatic heterocycles. The van der Waals surface area contributed by atoms with Crippen LogP contribution in [0, 0.1) is 0 Å². The summed E-state index contributed by atoms with van der Waals surface area (Å²) in [6.07, 6.45) is 4.85. The molecule has 0 saturated carbocycles. The van der Waals surface area contributed by atoms with Gasteiger partial charge in [-0.2, -0.15) is 0 Å². The molecule has 20 heavy (non-hydrogen) atoms. The predicted octanol–water partition coefficient (Wildman–Crippen LogP) is 2.72. The molecule has 3 heteroatoms. The van der Waals surface area contributed by atoms with E-state index in [1.165, 1.54) is 37.9 Å². The molecular weight excluding hydrogens is 246 g/mol. The van der Waals surface area contributed by atoms with Crippen molar-refractivity contribution in [1.82, 2.24) is 4.90 Å². The molecule has 112 valence electrons. The molecule has 3 nitrogen and oxygen atoms in total. The average Bonchev–Trinajstić information content (AvgIpc) is 2.53. The average molecular weight is 275 g/mol. The molecule has 0 aromatic heterocycles. The topological polar surface area (TPSA) is 32.5 Å². The highest BCUT2D eigenvalue weighted by Gasteiger charge is 2.36. The second-order valence-electron chi connectivity index (χ2n) is 6.03. The van der Waals surface area contributed by atoms with Gasteiger partial charge in [-0.15, -0.1) is 0 Å². The highest BCUT2D eigenvalue weighted by molar-refractivity contribution is 5.46. The van der Waals surface area contributed by atoms with E-state index in [1.54, 1.807) is 0 Å². The van der Waals surface area contributed by atoms with Crippen LogP contribution in [0.2, 0.25) is 0 Å². The Morgan fingerprint density at radius 3 is 2.40 bits per heavy atom. The third-order valence-electron chi connectivity index (χ3n) is 4.85. The molecular formula is C17H29N3. The van der Waals surface area contributed by atoms with Crippen LogP contribution < -0.4 is 10.6 Å². The van der Waals surface area contributed by atoms with E-state index >= 15 is 0 Å². The van der Waals surface area contributed by atoms with Crippen LogP contribution in [0.25, 0.3) is 0 Å². The molecule has 1 aromatic rings. The van der Waals surface area contributed by atoms with E-state index in [9.17, 15) is 0 Å². The number of unbranched alkanes of at least 4 members (excludes halogenated alkanes) is 1. The molecule has 0 amide bonds. The smallest absolute Gasteiger partial charge is 0.0366 e. The molecule has 2 rings (SSSR count). The van der Waals surface area contributed by atoms with Crippen LogP contribution in [0.1, 0.15) is 32.6 Å². The van der Waals surface area contributed by atoms with E-state index in [2.05, 4.69) is 54.1 Å². The van der Waals surface area contributed by atoms with Crippen molar-refractivity contribution in [2.24, 2.45) is 5.73 Å². The maximum atomic E-state index is 6.13. The van der Waals surface area contributed by atoms with Gasteiger partial charge in [0.15, 0.2) is 0 Å². The van der Waals surface area contributed by atoms with Crippen LogP contribution in [0.3, 0.4) is 0 Å². The van der Waals surface area contributed by atoms with Gasteiger partial charge in [0.1, 0.15) is 0 Å². The Balaban J connectivity index is 1.97. The van der Waals surface area contributed by atoms with Gasteiger partial charge in [-0.05, 0) is 45.0 Å². The first kappa shape index (κ1) is 15.3. The number of rotatable bonds is 6. The van der Waals surface area contributed by atoms with Crippen molar-refractivity contribution in [2.45, 2.75) is 38.1 Å². The SMILES string of the molecule is CCCCN(C)C1(CN)CCN(c2ccccc2)CC1. The zero-order valence-corrected chi connectivity index (χ0v) is 13.0. The zero-order chi connectivity index (χ0) is 14.4. The molecule has 1 heterocycles. The van der Waals surface area contributed by atoms with E-state index in [-0.39, 0.29) is 5.54 Å². The molecule has 0 unspecified atom stereocenters. The third-order valence-corrected chi connectivity index (χ3v) is 4.85. The summed E-state index contributed by atoms with van der Waals surface area (Å²) < 4.78 is 0. The van der Waals surface area contributed by atoms with E-state index in [0.717, 1.165) is 19.6 Å². The fraction of sp³-hybridized carbons (Fsp3) is 0.647. The molecule has 1 aliphatic rings. The van der Waals surface area contributed by atoms with Gasteiger partial charge in [-0.3, -0.25) is 4.90 Å².